The third kappa shape index (κ3) is 1.69. The second-order valence-electron chi connectivity index (χ2n) is 5.49. The van der Waals surface area contributed by atoms with Crippen LogP contribution < -0.4 is 5.73 Å². The van der Waals surface area contributed by atoms with Crippen molar-refractivity contribution in [2.45, 2.75) is 44.1 Å². The van der Waals surface area contributed by atoms with Gasteiger partial charge in [0.25, 0.3) is 0 Å². The molecule has 1 nitrogen and oxygen atoms in total. The monoisotopic (exact) mass is 201 g/mol. The summed E-state index contributed by atoms with van der Waals surface area (Å²) in [4.78, 5) is 0. The normalized spacial score (nSPS) is 34.1. The first-order chi connectivity index (χ1) is 7.19. The van der Waals surface area contributed by atoms with Crippen molar-refractivity contribution in [3.8, 4) is 0 Å². The number of benzene rings is 1. The van der Waals surface area contributed by atoms with Crippen LogP contribution in [0.3, 0.4) is 0 Å². The van der Waals surface area contributed by atoms with Crippen LogP contribution in [0.1, 0.15) is 42.7 Å². The Morgan fingerprint density at radius 2 is 2.07 bits per heavy atom. The molecule has 0 radical (unpaired) electrons. The predicted octanol–water partition coefficient (Wildman–Crippen LogP) is 2.98. The van der Waals surface area contributed by atoms with E-state index in [0.29, 0.717) is 5.92 Å². The van der Waals surface area contributed by atoms with Gasteiger partial charge in [0.1, 0.15) is 0 Å². The fourth-order valence-corrected chi connectivity index (χ4v) is 2.80. The zero-order valence-electron chi connectivity index (χ0n) is 9.37. The van der Waals surface area contributed by atoms with Crippen molar-refractivity contribution in [1.29, 1.82) is 0 Å². The van der Waals surface area contributed by atoms with Crippen molar-refractivity contribution < 1.29 is 0 Å². The Labute approximate surface area is 91.7 Å². The van der Waals surface area contributed by atoms with Crippen LogP contribution in [0, 0.1) is 12.8 Å². The summed E-state index contributed by atoms with van der Waals surface area (Å²) in [6, 6.07) is 8.70. The molecule has 15 heavy (non-hydrogen) atoms. The molecular weight excluding hydrogens is 182 g/mol. The number of aryl methyl sites for hydroxylation is 1. The molecule has 2 N–H and O–H groups in total. The van der Waals surface area contributed by atoms with Gasteiger partial charge in [0.15, 0.2) is 0 Å². The van der Waals surface area contributed by atoms with E-state index in [4.69, 9.17) is 5.73 Å². The van der Waals surface area contributed by atoms with Crippen molar-refractivity contribution >= 4 is 0 Å². The highest BCUT2D eigenvalue weighted by molar-refractivity contribution is 5.38. The van der Waals surface area contributed by atoms with Gasteiger partial charge < -0.3 is 5.73 Å². The molecule has 1 heteroatoms. The van der Waals surface area contributed by atoms with Crippen LogP contribution in [-0.2, 0) is 0 Å². The van der Waals surface area contributed by atoms with Gasteiger partial charge >= 0.3 is 0 Å². The predicted molar refractivity (Wildman–Crippen MR) is 62.8 cm³/mol. The molecule has 2 atom stereocenters. The highest BCUT2D eigenvalue weighted by atomic mass is 14.9. The molecule has 80 valence electrons. The van der Waals surface area contributed by atoms with E-state index in [1.807, 2.05) is 0 Å². The van der Waals surface area contributed by atoms with Crippen LogP contribution >= 0.6 is 0 Å². The molecule has 3 rings (SSSR count). The van der Waals surface area contributed by atoms with Crippen LogP contribution in [0.2, 0.25) is 0 Å². The van der Waals surface area contributed by atoms with Gasteiger partial charge in [-0.3, -0.25) is 0 Å². The van der Waals surface area contributed by atoms with Gasteiger partial charge in [-0.2, -0.15) is 0 Å². The van der Waals surface area contributed by atoms with Crippen molar-refractivity contribution in [3.63, 3.8) is 0 Å². The molecule has 0 spiro atoms. The first-order valence-electron chi connectivity index (χ1n) is 6.03. The Morgan fingerprint density at radius 1 is 1.33 bits per heavy atom. The number of hydrogen-bond donors (Lipinski definition) is 1. The molecule has 1 aromatic rings. The van der Waals surface area contributed by atoms with E-state index < -0.39 is 0 Å². The summed E-state index contributed by atoms with van der Waals surface area (Å²) < 4.78 is 0. The average molecular weight is 201 g/mol. The fraction of sp³-hybridized carbons (Fsp3) is 0.571. The van der Waals surface area contributed by atoms with Crippen LogP contribution in [0.15, 0.2) is 24.3 Å². The topological polar surface area (TPSA) is 26.0 Å². The lowest BCUT2D eigenvalue weighted by Crippen LogP contribution is -2.25. The SMILES string of the molecule is Cc1ccccc1C1CC1(N)CC1CC1. The Balaban J connectivity index is 1.77. The van der Waals surface area contributed by atoms with E-state index >= 15 is 0 Å². The molecule has 0 aromatic heterocycles. The van der Waals surface area contributed by atoms with Gasteiger partial charge in [-0.15, -0.1) is 0 Å². The highest BCUT2D eigenvalue weighted by Gasteiger charge is 2.53. The Morgan fingerprint density at radius 3 is 2.73 bits per heavy atom. The van der Waals surface area contributed by atoms with Crippen LogP contribution in [0.25, 0.3) is 0 Å². The molecule has 2 aliphatic carbocycles. The fourth-order valence-electron chi connectivity index (χ4n) is 2.80. The van der Waals surface area contributed by atoms with Crippen LogP contribution in [0.5, 0.6) is 0 Å². The molecule has 2 unspecified atom stereocenters. The molecule has 2 aliphatic rings. The lowest BCUT2D eigenvalue weighted by molar-refractivity contribution is 0.544. The Kier molecular flexibility index (Phi) is 1.93. The molecular formula is C14H19N. The summed E-state index contributed by atoms with van der Waals surface area (Å²) in [5, 5.41) is 0. The lowest BCUT2D eigenvalue weighted by Gasteiger charge is -2.12. The summed E-state index contributed by atoms with van der Waals surface area (Å²) in [7, 11) is 0. The molecule has 2 saturated carbocycles. The summed E-state index contributed by atoms with van der Waals surface area (Å²) in [5.41, 5.74) is 9.47. The van der Waals surface area contributed by atoms with E-state index in [1.165, 1.54) is 36.8 Å². The molecule has 0 saturated heterocycles. The third-order valence-corrected chi connectivity index (χ3v) is 4.05. The van der Waals surface area contributed by atoms with Crippen LogP contribution in [0.4, 0.5) is 0 Å². The first kappa shape index (κ1) is 9.41. The second kappa shape index (κ2) is 3.08. The maximum atomic E-state index is 6.43. The zero-order valence-corrected chi connectivity index (χ0v) is 9.37. The Bertz CT molecular complexity index is 381. The van der Waals surface area contributed by atoms with Crippen molar-refractivity contribution in [3.05, 3.63) is 35.4 Å². The van der Waals surface area contributed by atoms with E-state index in [1.54, 1.807) is 0 Å². The summed E-state index contributed by atoms with van der Waals surface area (Å²) >= 11 is 0. The van der Waals surface area contributed by atoms with Crippen molar-refractivity contribution in [1.82, 2.24) is 0 Å². The van der Waals surface area contributed by atoms with E-state index in [0.717, 1.165) is 5.92 Å². The zero-order chi connectivity index (χ0) is 10.5. The minimum absolute atomic E-state index is 0.146. The number of hydrogen-bond acceptors (Lipinski definition) is 1. The van der Waals surface area contributed by atoms with Gasteiger partial charge in [-0.05, 0) is 36.8 Å². The average Bonchev–Trinajstić information content (AvgIpc) is 3.08. The number of rotatable bonds is 3. The van der Waals surface area contributed by atoms with Gasteiger partial charge in [-0.1, -0.05) is 37.1 Å². The van der Waals surface area contributed by atoms with Gasteiger partial charge in [0.05, 0.1) is 0 Å². The maximum absolute atomic E-state index is 6.43. The molecule has 0 aliphatic heterocycles. The molecule has 2 fully saturated rings. The Hall–Kier alpha value is -0.820. The second-order valence-corrected chi connectivity index (χ2v) is 5.49. The molecule has 0 heterocycles. The maximum Gasteiger partial charge on any atom is 0.0233 e. The quantitative estimate of drug-likeness (QED) is 0.799. The van der Waals surface area contributed by atoms with Crippen molar-refractivity contribution in [2.75, 3.05) is 0 Å². The highest BCUT2D eigenvalue weighted by Crippen LogP contribution is 2.56. The molecule has 1 aromatic carbocycles. The van der Waals surface area contributed by atoms with Crippen LogP contribution in [-0.4, -0.2) is 5.54 Å². The van der Waals surface area contributed by atoms with E-state index in [-0.39, 0.29) is 5.54 Å². The summed E-state index contributed by atoms with van der Waals surface area (Å²) in [6.07, 6.45) is 5.29. The first-order valence-corrected chi connectivity index (χ1v) is 6.03. The standard InChI is InChI=1S/C14H19N/c1-10-4-2-3-5-12(10)13-9-14(13,15)8-11-6-7-11/h2-5,11,13H,6-9,15H2,1H3. The summed E-state index contributed by atoms with van der Waals surface area (Å²) in [5.74, 6) is 1.59. The minimum atomic E-state index is 0.146. The smallest absolute Gasteiger partial charge is 0.0233 e. The van der Waals surface area contributed by atoms with Gasteiger partial charge in [0.2, 0.25) is 0 Å². The molecule has 0 bridgehead atoms. The molecule has 0 amide bonds. The van der Waals surface area contributed by atoms with Gasteiger partial charge in [-0.25, -0.2) is 0 Å². The minimum Gasteiger partial charge on any atom is -0.325 e. The third-order valence-electron chi connectivity index (χ3n) is 4.05. The summed E-state index contributed by atoms with van der Waals surface area (Å²) in [6.45, 7) is 2.20. The lowest BCUT2D eigenvalue weighted by atomic mass is 9.98. The van der Waals surface area contributed by atoms with E-state index in [2.05, 4.69) is 31.2 Å². The van der Waals surface area contributed by atoms with Crippen molar-refractivity contribution in [2.24, 2.45) is 11.7 Å². The largest absolute Gasteiger partial charge is 0.325 e. The van der Waals surface area contributed by atoms with E-state index in [9.17, 15) is 0 Å². The van der Waals surface area contributed by atoms with Gasteiger partial charge in [0, 0.05) is 11.5 Å². The number of nitrogens with two attached hydrogens (primary N) is 1.